The number of esters is 1. The van der Waals surface area contributed by atoms with Gasteiger partial charge in [0, 0.05) is 5.02 Å². The Labute approximate surface area is 163 Å². The average molecular weight is 404 g/mol. The zero-order chi connectivity index (χ0) is 19.2. The molecule has 0 spiro atoms. The quantitative estimate of drug-likeness (QED) is 0.499. The molecule has 10 heteroatoms. The number of carbonyl (C=O) groups is 2. The number of ether oxygens (including phenoxy) is 1. The van der Waals surface area contributed by atoms with Gasteiger partial charge in [0.25, 0.3) is 0 Å². The van der Waals surface area contributed by atoms with Gasteiger partial charge >= 0.3 is 5.97 Å². The number of halogens is 1. The molecule has 0 saturated heterocycles. The van der Waals surface area contributed by atoms with Gasteiger partial charge in [-0.05, 0) is 40.8 Å². The summed E-state index contributed by atoms with van der Waals surface area (Å²) in [4.78, 5) is 24.1. The Hall–Kier alpha value is -2.91. The SMILES string of the molecule is COC(=O)c1ccccc1NC(=O)CSc1nnnn1-c1cccc(Cl)c1. The molecule has 1 amide bonds. The van der Waals surface area contributed by atoms with Crippen molar-refractivity contribution >= 4 is 40.9 Å². The van der Waals surface area contributed by atoms with Gasteiger partial charge in [0.1, 0.15) is 0 Å². The Morgan fingerprint density at radius 1 is 1.22 bits per heavy atom. The lowest BCUT2D eigenvalue weighted by Gasteiger charge is -2.09. The first-order chi connectivity index (χ1) is 13.1. The van der Waals surface area contributed by atoms with E-state index in [0.29, 0.717) is 21.6 Å². The highest BCUT2D eigenvalue weighted by atomic mass is 35.5. The first-order valence-corrected chi connectivity index (χ1v) is 9.09. The number of hydrogen-bond donors (Lipinski definition) is 1. The number of rotatable bonds is 6. The monoisotopic (exact) mass is 403 g/mol. The number of benzene rings is 2. The van der Waals surface area contributed by atoms with Gasteiger partial charge < -0.3 is 10.1 Å². The lowest BCUT2D eigenvalue weighted by atomic mass is 10.2. The fraction of sp³-hybridized carbons (Fsp3) is 0.118. The maximum Gasteiger partial charge on any atom is 0.339 e. The van der Waals surface area contributed by atoms with E-state index in [0.717, 1.165) is 11.8 Å². The fourth-order valence-electron chi connectivity index (χ4n) is 2.24. The average Bonchev–Trinajstić information content (AvgIpc) is 3.15. The second-order valence-electron chi connectivity index (χ2n) is 5.23. The van der Waals surface area contributed by atoms with Crippen LogP contribution < -0.4 is 5.32 Å². The van der Waals surface area contributed by atoms with E-state index in [1.54, 1.807) is 48.5 Å². The van der Waals surface area contributed by atoms with Crippen LogP contribution in [0.4, 0.5) is 5.69 Å². The van der Waals surface area contributed by atoms with Crippen LogP contribution >= 0.6 is 23.4 Å². The third kappa shape index (κ3) is 4.63. The fourth-order valence-corrected chi connectivity index (χ4v) is 3.11. The number of hydrogen-bond acceptors (Lipinski definition) is 7. The van der Waals surface area contributed by atoms with Crippen molar-refractivity contribution < 1.29 is 14.3 Å². The number of nitrogens with zero attached hydrogens (tertiary/aromatic N) is 4. The molecule has 0 bridgehead atoms. The van der Waals surface area contributed by atoms with E-state index in [-0.39, 0.29) is 17.2 Å². The van der Waals surface area contributed by atoms with E-state index in [9.17, 15) is 9.59 Å². The van der Waals surface area contributed by atoms with Crippen LogP contribution in [-0.4, -0.2) is 44.9 Å². The van der Waals surface area contributed by atoms with Gasteiger partial charge in [-0.3, -0.25) is 4.79 Å². The van der Waals surface area contributed by atoms with Gasteiger partial charge in [0.15, 0.2) is 0 Å². The Balaban J connectivity index is 1.68. The molecule has 27 heavy (non-hydrogen) atoms. The molecule has 0 aliphatic carbocycles. The summed E-state index contributed by atoms with van der Waals surface area (Å²) in [5, 5.41) is 15.2. The number of methoxy groups -OCH3 is 1. The van der Waals surface area contributed by atoms with Crippen LogP contribution in [0.15, 0.2) is 53.7 Å². The minimum absolute atomic E-state index is 0.0520. The molecule has 8 nitrogen and oxygen atoms in total. The molecule has 0 aliphatic heterocycles. The predicted octanol–water partition coefficient (Wildman–Crippen LogP) is 2.83. The van der Waals surface area contributed by atoms with Crippen LogP contribution in [0.5, 0.6) is 0 Å². The molecule has 0 atom stereocenters. The minimum atomic E-state index is -0.525. The number of para-hydroxylation sites is 1. The Morgan fingerprint density at radius 3 is 2.81 bits per heavy atom. The van der Waals surface area contributed by atoms with Crippen LogP contribution in [0.25, 0.3) is 5.69 Å². The smallest absolute Gasteiger partial charge is 0.339 e. The molecule has 1 N–H and O–H groups in total. The van der Waals surface area contributed by atoms with E-state index in [2.05, 4.69) is 20.8 Å². The van der Waals surface area contributed by atoms with Gasteiger partial charge in [-0.1, -0.05) is 41.6 Å². The highest BCUT2D eigenvalue weighted by Gasteiger charge is 2.15. The summed E-state index contributed by atoms with van der Waals surface area (Å²) in [5.41, 5.74) is 1.35. The summed E-state index contributed by atoms with van der Waals surface area (Å²) in [6.07, 6.45) is 0. The summed E-state index contributed by atoms with van der Waals surface area (Å²) < 4.78 is 6.21. The third-order valence-corrected chi connectivity index (χ3v) is 4.59. The van der Waals surface area contributed by atoms with Crippen molar-refractivity contribution in [2.75, 3.05) is 18.2 Å². The Kier molecular flexibility index (Phi) is 6.05. The number of aromatic nitrogens is 4. The maximum atomic E-state index is 12.3. The van der Waals surface area contributed by atoms with E-state index in [1.165, 1.54) is 11.8 Å². The molecule has 0 unspecified atom stereocenters. The molecular formula is C17H14ClN5O3S. The summed E-state index contributed by atoms with van der Waals surface area (Å²) in [6, 6.07) is 13.7. The lowest BCUT2D eigenvalue weighted by Crippen LogP contribution is -2.17. The van der Waals surface area contributed by atoms with Crippen molar-refractivity contribution in [3.05, 3.63) is 59.1 Å². The summed E-state index contributed by atoms with van der Waals surface area (Å²) in [6.45, 7) is 0. The first-order valence-electron chi connectivity index (χ1n) is 7.73. The number of tetrazole rings is 1. The summed E-state index contributed by atoms with van der Waals surface area (Å²) >= 11 is 7.15. The topological polar surface area (TPSA) is 99.0 Å². The maximum absolute atomic E-state index is 12.3. The van der Waals surface area contributed by atoms with Crippen LogP contribution in [0, 0.1) is 0 Å². The normalized spacial score (nSPS) is 10.4. The molecule has 3 aromatic rings. The molecule has 1 heterocycles. The zero-order valence-corrected chi connectivity index (χ0v) is 15.7. The predicted molar refractivity (Wildman–Crippen MR) is 101 cm³/mol. The van der Waals surface area contributed by atoms with Crippen molar-refractivity contribution in [1.82, 2.24) is 20.2 Å². The first kappa shape index (κ1) is 18.9. The van der Waals surface area contributed by atoms with Crippen molar-refractivity contribution in [1.29, 1.82) is 0 Å². The zero-order valence-electron chi connectivity index (χ0n) is 14.1. The molecule has 2 aromatic carbocycles. The van der Waals surface area contributed by atoms with E-state index >= 15 is 0 Å². The van der Waals surface area contributed by atoms with E-state index < -0.39 is 5.97 Å². The highest BCUT2D eigenvalue weighted by molar-refractivity contribution is 7.99. The van der Waals surface area contributed by atoms with Gasteiger partial charge in [-0.2, -0.15) is 4.68 Å². The molecular weight excluding hydrogens is 390 g/mol. The number of nitrogens with one attached hydrogen (secondary N) is 1. The van der Waals surface area contributed by atoms with E-state index in [1.807, 2.05) is 0 Å². The van der Waals surface area contributed by atoms with Crippen LogP contribution in [0.2, 0.25) is 5.02 Å². The summed E-state index contributed by atoms with van der Waals surface area (Å²) in [5.74, 6) is -0.781. The Morgan fingerprint density at radius 2 is 2.04 bits per heavy atom. The Bertz CT molecular complexity index is 978. The molecule has 0 aliphatic rings. The third-order valence-electron chi connectivity index (χ3n) is 3.43. The van der Waals surface area contributed by atoms with Crippen molar-refractivity contribution in [2.45, 2.75) is 5.16 Å². The molecule has 0 fully saturated rings. The molecule has 0 radical (unpaired) electrons. The highest BCUT2D eigenvalue weighted by Crippen LogP contribution is 2.21. The molecule has 138 valence electrons. The van der Waals surface area contributed by atoms with Crippen LogP contribution in [0.3, 0.4) is 0 Å². The standard InChI is InChI=1S/C17H14ClN5O3S/c1-26-16(25)13-7-2-3-8-14(13)19-15(24)10-27-17-20-21-22-23(17)12-6-4-5-11(18)9-12/h2-9H,10H2,1H3,(H,19,24). The van der Waals surface area contributed by atoms with Crippen molar-refractivity contribution in [3.8, 4) is 5.69 Å². The number of anilines is 1. The van der Waals surface area contributed by atoms with Crippen LogP contribution in [0.1, 0.15) is 10.4 Å². The number of amides is 1. The van der Waals surface area contributed by atoms with Crippen molar-refractivity contribution in [3.63, 3.8) is 0 Å². The van der Waals surface area contributed by atoms with Gasteiger partial charge in [-0.25, -0.2) is 4.79 Å². The second-order valence-corrected chi connectivity index (χ2v) is 6.61. The number of carbonyl (C=O) groups excluding carboxylic acids is 2. The summed E-state index contributed by atoms with van der Waals surface area (Å²) in [7, 11) is 1.28. The van der Waals surface area contributed by atoms with E-state index in [4.69, 9.17) is 16.3 Å². The lowest BCUT2D eigenvalue weighted by molar-refractivity contribution is -0.113. The number of thioether (sulfide) groups is 1. The molecule has 3 rings (SSSR count). The van der Waals surface area contributed by atoms with Gasteiger partial charge in [-0.15, -0.1) is 5.10 Å². The van der Waals surface area contributed by atoms with Gasteiger partial charge in [0.2, 0.25) is 11.1 Å². The molecule has 0 saturated carbocycles. The van der Waals surface area contributed by atoms with Crippen LogP contribution in [-0.2, 0) is 9.53 Å². The second kappa shape index (κ2) is 8.65. The minimum Gasteiger partial charge on any atom is -0.465 e. The largest absolute Gasteiger partial charge is 0.465 e. The molecule has 1 aromatic heterocycles. The van der Waals surface area contributed by atoms with Crippen molar-refractivity contribution in [2.24, 2.45) is 0 Å². The van der Waals surface area contributed by atoms with Gasteiger partial charge in [0.05, 0.1) is 29.8 Å².